The van der Waals surface area contributed by atoms with Crippen LogP contribution >= 0.6 is 0 Å². The molecule has 0 aliphatic heterocycles. The summed E-state index contributed by atoms with van der Waals surface area (Å²) in [5.41, 5.74) is 0.398. The molecule has 0 amide bonds. The summed E-state index contributed by atoms with van der Waals surface area (Å²) < 4.78 is 0. The highest BCUT2D eigenvalue weighted by molar-refractivity contribution is 4.70. The number of hydrogen-bond donors (Lipinski definition) is 1. The van der Waals surface area contributed by atoms with E-state index in [1.807, 2.05) is 6.92 Å². The molecule has 0 heterocycles. The van der Waals surface area contributed by atoms with Gasteiger partial charge in [0.15, 0.2) is 0 Å². The second kappa shape index (κ2) is 5.64. The van der Waals surface area contributed by atoms with Crippen molar-refractivity contribution < 1.29 is 5.11 Å². The van der Waals surface area contributed by atoms with Crippen LogP contribution in [-0.2, 0) is 0 Å². The summed E-state index contributed by atoms with van der Waals surface area (Å²) >= 11 is 0. The van der Waals surface area contributed by atoms with Crippen LogP contribution in [0.5, 0.6) is 0 Å². The van der Waals surface area contributed by atoms with Crippen LogP contribution in [0.3, 0.4) is 0 Å². The van der Waals surface area contributed by atoms with Crippen LogP contribution in [0.15, 0.2) is 0 Å². The molecule has 1 nitrogen and oxygen atoms in total. The molecule has 0 radical (unpaired) electrons. The molecule has 0 aromatic rings. The SMILES string of the molecule is CCCC(CC(C)O)CC(C)(C)C. The van der Waals surface area contributed by atoms with E-state index in [2.05, 4.69) is 27.7 Å². The highest BCUT2D eigenvalue weighted by atomic mass is 16.3. The van der Waals surface area contributed by atoms with Gasteiger partial charge in [-0.3, -0.25) is 0 Å². The number of aliphatic hydroxyl groups excluding tert-OH is 1. The molecule has 0 spiro atoms. The Morgan fingerprint density at radius 1 is 1.23 bits per heavy atom. The zero-order valence-corrected chi connectivity index (χ0v) is 9.93. The molecule has 1 heteroatoms. The van der Waals surface area contributed by atoms with Crippen molar-refractivity contribution in [3.05, 3.63) is 0 Å². The summed E-state index contributed by atoms with van der Waals surface area (Å²) in [6, 6.07) is 0. The lowest BCUT2D eigenvalue weighted by Crippen LogP contribution is -2.17. The highest BCUT2D eigenvalue weighted by Gasteiger charge is 2.19. The molecule has 2 atom stereocenters. The monoisotopic (exact) mass is 186 g/mol. The molecule has 80 valence electrons. The van der Waals surface area contributed by atoms with Crippen molar-refractivity contribution in [2.45, 2.75) is 66.4 Å². The first-order valence-corrected chi connectivity index (χ1v) is 5.53. The lowest BCUT2D eigenvalue weighted by molar-refractivity contribution is 0.139. The van der Waals surface area contributed by atoms with Crippen molar-refractivity contribution in [1.82, 2.24) is 0 Å². The predicted molar refractivity (Wildman–Crippen MR) is 58.8 cm³/mol. The molecular weight excluding hydrogens is 160 g/mol. The Hall–Kier alpha value is -0.0400. The smallest absolute Gasteiger partial charge is 0.0514 e. The summed E-state index contributed by atoms with van der Waals surface area (Å²) in [5.74, 6) is 0.699. The Morgan fingerprint density at radius 3 is 2.08 bits per heavy atom. The maximum atomic E-state index is 9.35. The van der Waals surface area contributed by atoms with E-state index in [1.165, 1.54) is 19.3 Å². The normalized spacial score (nSPS) is 17.1. The van der Waals surface area contributed by atoms with Gasteiger partial charge in [0.1, 0.15) is 0 Å². The van der Waals surface area contributed by atoms with E-state index in [4.69, 9.17) is 0 Å². The molecule has 0 saturated carbocycles. The Balaban J connectivity index is 3.94. The fourth-order valence-corrected chi connectivity index (χ4v) is 2.06. The summed E-state index contributed by atoms with van der Waals surface area (Å²) in [6.45, 7) is 10.9. The van der Waals surface area contributed by atoms with E-state index in [0.29, 0.717) is 11.3 Å². The van der Waals surface area contributed by atoms with Crippen molar-refractivity contribution in [2.24, 2.45) is 11.3 Å². The third-order valence-electron chi connectivity index (χ3n) is 2.27. The van der Waals surface area contributed by atoms with Gasteiger partial charge in [-0.25, -0.2) is 0 Å². The van der Waals surface area contributed by atoms with E-state index < -0.39 is 0 Å². The van der Waals surface area contributed by atoms with Gasteiger partial charge in [-0.2, -0.15) is 0 Å². The van der Waals surface area contributed by atoms with Gasteiger partial charge in [-0.05, 0) is 31.1 Å². The minimum absolute atomic E-state index is 0.140. The number of aliphatic hydroxyl groups is 1. The molecule has 0 bridgehead atoms. The van der Waals surface area contributed by atoms with Gasteiger partial charge >= 0.3 is 0 Å². The number of hydrogen-bond acceptors (Lipinski definition) is 1. The first-order valence-electron chi connectivity index (χ1n) is 5.53. The van der Waals surface area contributed by atoms with Crippen molar-refractivity contribution >= 4 is 0 Å². The van der Waals surface area contributed by atoms with Crippen molar-refractivity contribution in [3.8, 4) is 0 Å². The first kappa shape index (κ1) is 13.0. The fraction of sp³-hybridized carbons (Fsp3) is 1.00. The zero-order valence-electron chi connectivity index (χ0n) is 9.93. The Labute approximate surface area is 83.5 Å². The van der Waals surface area contributed by atoms with Crippen molar-refractivity contribution in [2.75, 3.05) is 0 Å². The molecule has 0 fully saturated rings. The minimum atomic E-state index is -0.140. The summed E-state index contributed by atoms with van der Waals surface area (Å²) in [7, 11) is 0. The van der Waals surface area contributed by atoms with Crippen LogP contribution < -0.4 is 0 Å². The average Bonchev–Trinajstić information content (AvgIpc) is 1.81. The van der Waals surface area contributed by atoms with Gasteiger partial charge in [0.25, 0.3) is 0 Å². The molecule has 0 aromatic carbocycles. The van der Waals surface area contributed by atoms with Gasteiger partial charge < -0.3 is 5.11 Å². The van der Waals surface area contributed by atoms with Gasteiger partial charge in [-0.15, -0.1) is 0 Å². The molecule has 0 saturated heterocycles. The second-order valence-electron chi connectivity index (χ2n) is 5.50. The Bertz CT molecular complexity index is 122. The third-order valence-corrected chi connectivity index (χ3v) is 2.27. The van der Waals surface area contributed by atoms with E-state index in [1.54, 1.807) is 0 Å². The van der Waals surface area contributed by atoms with Crippen molar-refractivity contribution in [3.63, 3.8) is 0 Å². The maximum Gasteiger partial charge on any atom is 0.0514 e. The molecule has 0 aliphatic rings. The zero-order chi connectivity index (χ0) is 10.5. The largest absolute Gasteiger partial charge is 0.393 e. The minimum Gasteiger partial charge on any atom is -0.393 e. The first-order chi connectivity index (χ1) is 5.85. The van der Waals surface area contributed by atoms with Crippen LogP contribution in [0.2, 0.25) is 0 Å². The van der Waals surface area contributed by atoms with Crippen LogP contribution in [0, 0.1) is 11.3 Å². The average molecular weight is 186 g/mol. The highest BCUT2D eigenvalue weighted by Crippen LogP contribution is 2.29. The quantitative estimate of drug-likeness (QED) is 0.695. The van der Waals surface area contributed by atoms with Gasteiger partial charge in [0, 0.05) is 0 Å². The number of rotatable bonds is 5. The molecule has 1 N–H and O–H groups in total. The molecule has 0 rings (SSSR count). The van der Waals surface area contributed by atoms with Crippen molar-refractivity contribution in [1.29, 1.82) is 0 Å². The summed E-state index contributed by atoms with van der Waals surface area (Å²) in [6.07, 6.45) is 4.53. The van der Waals surface area contributed by atoms with E-state index in [9.17, 15) is 5.11 Å². The Kier molecular flexibility index (Phi) is 5.62. The molecule has 0 aromatic heterocycles. The molecular formula is C12H26O. The van der Waals surface area contributed by atoms with Gasteiger partial charge in [-0.1, -0.05) is 40.5 Å². The second-order valence-corrected chi connectivity index (χ2v) is 5.50. The van der Waals surface area contributed by atoms with Crippen LogP contribution in [0.25, 0.3) is 0 Å². The van der Waals surface area contributed by atoms with E-state index in [0.717, 1.165) is 6.42 Å². The lowest BCUT2D eigenvalue weighted by Gasteiger charge is -2.26. The lowest BCUT2D eigenvalue weighted by atomic mass is 9.80. The topological polar surface area (TPSA) is 20.2 Å². The fourth-order valence-electron chi connectivity index (χ4n) is 2.06. The predicted octanol–water partition coefficient (Wildman–Crippen LogP) is 3.61. The van der Waals surface area contributed by atoms with E-state index >= 15 is 0 Å². The van der Waals surface area contributed by atoms with Crippen LogP contribution in [-0.4, -0.2) is 11.2 Å². The summed E-state index contributed by atoms with van der Waals surface area (Å²) in [5, 5.41) is 9.35. The third kappa shape index (κ3) is 8.29. The van der Waals surface area contributed by atoms with Gasteiger partial charge in [0.2, 0.25) is 0 Å². The van der Waals surface area contributed by atoms with E-state index in [-0.39, 0.29) is 6.10 Å². The Morgan fingerprint density at radius 2 is 1.77 bits per heavy atom. The standard InChI is InChI=1S/C12H26O/c1-6-7-11(8-10(2)13)9-12(3,4)5/h10-11,13H,6-9H2,1-5H3. The van der Waals surface area contributed by atoms with Crippen LogP contribution in [0.4, 0.5) is 0 Å². The molecule has 13 heavy (non-hydrogen) atoms. The van der Waals surface area contributed by atoms with Crippen LogP contribution in [0.1, 0.15) is 60.3 Å². The molecule has 2 unspecified atom stereocenters. The molecule has 0 aliphatic carbocycles. The maximum absolute atomic E-state index is 9.35. The van der Waals surface area contributed by atoms with Gasteiger partial charge in [0.05, 0.1) is 6.10 Å². The summed E-state index contributed by atoms with van der Waals surface area (Å²) in [4.78, 5) is 0.